The number of nitrogens with zero attached hydrogens (tertiary/aromatic N) is 3. The number of rotatable bonds is 5. The number of aryl methyl sites for hydroxylation is 1. The van der Waals surface area contributed by atoms with E-state index in [0.717, 1.165) is 38.1 Å². The molecule has 2 aromatic heterocycles. The maximum atomic E-state index is 13.6. The highest BCUT2D eigenvalue weighted by Gasteiger charge is 2.28. The molecule has 1 fully saturated rings. The summed E-state index contributed by atoms with van der Waals surface area (Å²) in [7, 11) is 0. The van der Waals surface area contributed by atoms with Gasteiger partial charge in [0.15, 0.2) is 5.76 Å². The van der Waals surface area contributed by atoms with E-state index in [9.17, 15) is 4.79 Å². The number of para-hydroxylation sites is 1. The molecule has 0 saturated carbocycles. The third kappa shape index (κ3) is 4.60. The highest BCUT2D eigenvalue weighted by molar-refractivity contribution is 6.32. The summed E-state index contributed by atoms with van der Waals surface area (Å²) in [6.45, 7) is 3.36. The molecule has 5 nitrogen and oxygen atoms in total. The minimum absolute atomic E-state index is 0.0323. The number of carbonyl (C=O) groups is 1. The molecule has 0 unspecified atom stereocenters. The summed E-state index contributed by atoms with van der Waals surface area (Å²) in [5, 5.41) is 5.24. The summed E-state index contributed by atoms with van der Waals surface area (Å²) >= 11 is 6.47. The van der Waals surface area contributed by atoms with Crippen LogP contribution in [0, 0.1) is 12.8 Å². The van der Waals surface area contributed by atoms with Crippen molar-refractivity contribution in [3.05, 3.63) is 94.8 Å². The lowest BCUT2D eigenvalue weighted by molar-refractivity contribution is 0.0681. The van der Waals surface area contributed by atoms with Gasteiger partial charge in [0, 0.05) is 19.2 Å². The predicted molar refractivity (Wildman–Crippen MR) is 130 cm³/mol. The number of aromatic nitrogens is 2. The second-order valence-corrected chi connectivity index (χ2v) is 9.02. The van der Waals surface area contributed by atoms with E-state index < -0.39 is 0 Å². The van der Waals surface area contributed by atoms with Crippen molar-refractivity contribution in [2.75, 3.05) is 13.1 Å². The molecule has 4 aromatic rings. The van der Waals surface area contributed by atoms with Crippen molar-refractivity contribution in [3.63, 3.8) is 0 Å². The highest BCUT2D eigenvalue weighted by atomic mass is 35.5. The first-order valence-corrected chi connectivity index (χ1v) is 11.7. The lowest BCUT2D eigenvalue weighted by Crippen LogP contribution is -2.39. The summed E-state index contributed by atoms with van der Waals surface area (Å²) in [5.41, 5.74) is 3.15. The average Bonchev–Trinajstić information content (AvgIpc) is 3.47. The number of hydrogen-bond donors (Lipinski definition) is 0. The van der Waals surface area contributed by atoms with Crippen molar-refractivity contribution in [3.8, 4) is 17.1 Å². The van der Waals surface area contributed by atoms with Gasteiger partial charge in [0.05, 0.1) is 10.7 Å². The van der Waals surface area contributed by atoms with Crippen LogP contribution in [0.1, 0.15) is 34.7 Å². The quantitative estimate of drug-likeness (QED) is 0.357. The molecule has 0 spiro atoms. The lowest BCUT2D eigenvalue weighted by atomic mass is 9.90. The number of piperidine rings is 1. The molecule has 0 N–H and O–H groups in total. The van der Waals surface area contributed by atoms with Gasteiger partial charge in [0.1, 0.15) is 17.1 Å². The molecule has 168 valence electrons. The number of likely N-dealkylation sites (tertiary alicyclic amines) is 1. The van der Waals surface area contributed by atoms with E-state index in [1.54, 1.807) is 16.8 Å². The molecule has 3 heterocycles. The van der Waals surface area contributed by atoms with Crippen LogP contribution >= 0.6 is 11.6 Å². The molecule has 6 heteroatoms. The first-order valence-electron chi connectivity index (χ1n) is 11.3. The van der Waals surface area contributed by atoms with Gasteiger partial charge in [-0.25, -0.2) is 4.68 Å². The van der Waals surface area contributed by atoms with E-state index in [2.05, 4.69) is 24.3 Å². The van der Waals surface area contributed by atoms with Crippen molar-refractivity contribution < 1.29 is 9.21 Å². The zero-order chi connectivity index (χ0) is 22.8. The van der Waals surface area contributed by atoms with Gasteiger partial charge in [-0.15, -0.1) is 0 Å². The Kier molecular flexibility index (Phi) is 6.05. The molecular weight excluding hydrogens is 434 g/mol. The number of amides is 1. The minimum atomic E-state index is -0.0323. The zero-order valence-corrected chi connectivity index (χ0v) is 19.3. The van der Waals surface area contributed by atoms with Crippen molar-refractivity contribution in [2.24, 2.45) is 5.92 Å². The van der Waals surface area contributed by atoms with Gasteiger partial charge in [0.2, 0.25) is 0 Å². The van der Waals surface area contributed by atoms with Crippen LogP contribution in [0.3, 0.4) is 0 Å². The molecular formula is C27H26ClN3O2. The standard InChI is InChI=1S/C27H26ClN3O2/c1-19-11-12-26(33-19)23-18-25(31(29-23)24-10-6-5-9-22(24)28)27(32)30-15-13-21(14-16-30)17-20-7-3-2-4-8-20/h2-12,18,21H,13-17H2,1H3. The normalized spacial score (nSPS) is 14.5. The maximum absolute atomic E-state index is 13.6. The average molecular weight is 460 g/mol. The zero-order valence-electron chi connectivity index (χ0n) is 18.6. The number of carbonyl (C=O) groups excluding carboxylic acids is 1. The second kappa shape index (κ2) is 9.28. The fourth-order valence-electron chi connectivity index (χ4n) is 4.48. The fraction of sp³-hybridized carbons (Fsp3) is 0.259. The Labute approximate surface area is 198 Å². The topological polar surface area (TPSA) is 51.3 Å². The fourth-order valence-corrected chi connectivity index (χ4v) is 4.70. The second-order valence-electron chi connectivity index (χ2n) is 8.61. The summed E-state index contributed by atoms with van der Waals surface area (Å²) < 4.78 is 7.41. The lowest BCUT2D eigenvalue weighted by Gasteiger charge is -2.32. The number of halogens is 1. The summed E-state index contributed by atoms with van der Waals surface area (Å²) in [6, 6.07) is 23.6. The maximum Gasteiger partial charge on any atom is 0.272 e. The van der Waals surface area contributed by atoms with Crippen LogP contribution in [0.15, 0.2) is 77.2 Å². The smallest absolute Gasteiger partial charge is 0.272 e. The van der Waals surface area contributed by atoms with Crippen LogP contribution in [0.5, 0.6) is 0 Å². The van der Waals surface area contributed by atoms with Crippen LogP contribution in [0.2, 0.25) is 5.02 Å². The van der Waals surface area contributed by atoms with Gasteiger partial charge in [-0.1, -0.05) is 54.1 Å². The van der Waals surface area contributed by atoms with Gasteiger partial charge in [0.25, 0.3) is 5.91 Å². The third-order valence-electron chi connectivity index (χ3n) is 6.27. The van der Waals surface area contributed by atoms with Gasteiger partial charge in [-0.3, -0.25) is 4.79 Å². The van der Waals surface area contributed by atoms with Crippen LogP contribution in [-0.4, -0.2) is 33.7 Å². The van der Waals surface area contributed by atoms with Gasteiger partial charge >= 0.3 is 0 Å². The van der Waals surface area contributed by atoms with Gasteiger partial charge in [-0.2, -0.15) is 5.10 Å². The first kappa shape index (κ1) is 21.5. The summed E-state index contributed by atoms with van der Waals surface area (Å²) in [4.78, 5) is 15.5. The molecule has 1 amide bonds. The van der Waals surface area contributed by atoms with Crippen molar-refractivity contribution in [2.45, 2.75) is 26.2 Å². The molecule has 1 saturated heterocycles. The van der Waals surface area contributed by atoms with Crippen molar-refractivity contribution in [1.82, 2.24) is 14.7 Å². The number of furan rings is 1. The first-order chi connectivity index (χ1) is 16.1. The van der Waals surface area contributed by atoms with E-state index in [1.807, 2.05) is 48.2 Å². The molecule has 33 heavy (non-hydrogen) atoms. The highest BCUT2D eigenvalue weighted by Crippen LogP contribution is 2.29. The number of benzene rings is 2. The molecule has 0 atom stereocenters. The molecule has 5 rings (SSSR count). The van der Waals surface area contributed by atoms with E-state index in [-0.39, 0.29) is 5.91 Å². The summed E-state index contributed by atoms with van der Waals surface area (Å²) in [5.74, 6) is 1.99. The Balaban J connectivity index is 1.39. The Morgan fingerprint density at radius 3 is 2.45 bits per heavy atom. The third-order valence-corrected chi connectivity index (χ3v) is 6.59. The molecule has 0 radical (unpaired) electrons. The van der Waals surface area contributed by atoms with Crippen LogP contribution in [-0.2, 0) is 6.42 Å². The largest absolute Gasteiger partial charge is 0.460 e. The molecule has 1 aliphatic heterocycles. The molecule has 1 aliphatic rings. The van der Waals surface area contributed by atoms with Crippen molar-refractivity contribution in [1.29, 1.82) is 0 Å². The monoisotopic (exact) mass is 459 g/mol. The minimum Gasteiger partial charge on any atom is -0.460 e. The Morgan fingerprint density at radius 1 is 1.03 bits per heavy atom. The molecule has 2 aromatic carbocycles. The van der Waals surface area contributed by atoms with Crippen LogP contribution in [0.4, 0.5) is 0 Å². The Bertz CT molecular complexity index is 1250. The molecule has 0 aliphatic carbocycles. The van der Waals surface area contributed by atoms with Crippen LogP contribution < -0.4 is 0 Å². The Hall–Kier alpha value is -3.31. The Morgan fingerprint density at radius 2 is 1.76 bits per heavy atom. The van der Waals surface area contributed by atoms with Crippen molar-refractivity contribution >= 4 is 17.5 Å². The SMILES string of the molecule is Cc1ccc(-c2cc(C(=O)N3CCC(Cc4ccccc4)CC3)n(-c3ccccc3Cl)n2)o1. The van der Waals surface area contributed by atoms with E-state index in [4.69, 9.17) is 21.1 Å². The van der Waals surface area contributed by atoms with E-state index in [1.165, 1.54) is 5.56 Å². The van der Waals surface area contributed by atoms with E-state index >= 15 is 0 Å². The predicted octanol–water partition coefficient (Wildman–Crippen LogP) is 6.19. The summed E-state index contributed by atoms with van der Waals surface area (Å²) in [6.07, 6.45) is 3.04. The van der Waals surface area contributed by atoms with Crippen LogP contribution in [0.25, 0.3) is 17.1 Å². The molecule has 0 bridgehead atoms. The van der Waals surface area contributed by atoms with E-state index in [0.29, 0.717) is 33.8 Å². The van der Waals surface area contributed by atoms with Gasteiger partial charge in [-0.05, 0) is 61.9 Å². The van der Waals surface area contributed by atoms with Gasteiger partial charge < -0.3 is 9.32 Å². The number of hydrogen-bond acceptors (Lipinski definition) is 3.